The molecule has 0 bridgehead atoms. The maximum atomic E-state index is 12.6. The number of halogens is 1. The predicted octanol–water partition coefficient (Wildman–Crippen LogP) is 9.06. The molecule has 5 aromatic rings. The van der Waals surface area contributed by atoms with Gasteiger partial charge in [0.05, 0.1) is 24.0 Å². The number of nitrogens with zero attached hydrogens (tertiary/aromatic N) is 5. The third-order valence-corrected chi connectivity index (χ3v) is 9.49. The van der Waals surface area contributed by atoms with E-state index in [2.05, 4.69) is 71.5 Å². The highest BCUT2D eigenvalue weighted by Gasteiger charge is 2.35. The van der Waals surface area contributed by atoms with Gasteiger partial charge in [-0.3, -0.25) is 4.90 Å². The van der Waals surface area contributed by atoms with Gasteiger partial charge in [0.2, 0.25) is 5.95 Å². The Bertz CT molecular complexity index is 1960. The molecule has 2 unspecified atom stereocenters. The third kappa shape index (κ3) is 9.67. The van der Waals surface area contributed by atoms with Crippen LogP contribution in [0.3, 0.4) is 0 Å². The first kappa shape index (κ1) is 36.8. The van der Waals surface area contributed by atoms with Crippen LogP contribution in [0.4, 0.5) is 15.5 Å². The number of ether oxygens (including phenoxy) is 2. The molecule has 7 rings (SSSR count). The number of nitrogens with one attached hydrogen (secondary N) is 2. The van der Waals surface area contributed by atoms with Gasteiger partial charge < -0.3 is 24.7 Å². The second-order valence-electron chi connectivity index (χ2n) is 14.2. The van der Waals surface area contributed by atoms with Crippen LogP contribution < -0.4 is 5.32 Å². The number of rotatable bonds is 7. The minimum absolute atomic E-state index is 0.0694. The van der Waals surface area contributed by atoms with Crippen molar-refractivity contribution in [1.29, 1.82) is 0 Å². The van der Waals surface area contributed by atoms with Gasteiger partial charge >= 0.3 is 12.2 Å². The molecule has 2 aliphatic rings. The van der Waals surface area contributed by atoms with Crippen LogP contribution in [0, 0.1) is 6.92 Å². The third-order valence-electron chi connectivity index (χ3n) is 9.00. The van der Waals surface area contributed by atoms with Crippen molar-refractivity contribution in [1.82, 2.24) is 29.7 Å². The molecule has 0 radical (unpaired) electrons. The Morgan fingerprint density at radius 1 is 0.885 bits per heavy atom. The Morgan fingerprint density at radius 3 is 2.37 bits per heavy atom. The summed E-state index contributed by atoms with van der Waals surface area (Å²) in [5.41, 5.74) is 3.55. The number of fused-ring (bicyclic) bond motifs is 1. The van der Waals surface area contributed by atoms with E-state index in [1.54, 1.807) is 22.2 Å². The SMILES string of the molecule is CC(C)(C)OC(=O)N1CCCC1c1ncc(-c2ccc3cc(Br)ccc3c2)[nH]1.Cc1cnc(NCC2CCCN2C(=O)OCc2ccccc2)nc1. The second-order valence-corrected chi connectivity index (χ2v) is 15.1. The van der Waals surface area contributed by atoms with Crippen molar-refractivity contribution < 1.29 is 19.1 Å². The van der Waals surface area contributed by atoms with Crippen molar-refractivity contribution in [3.05, 3.63) is 107 Å². The molecule has 2 fully saturated rings. The predicted molar refractivity (Wildman–Crippen MR) is 206 cm³/mol. The van der Waals surface area contributed by atoms with Gasteiger partial charge in [-0.05, 0) is 93.5 Å². The van der Waals surface area contributed by atoms with E-state index in [9.17, 15) is 9.59 Å². The standard InChI is InChI=1S/C22H24BrN3O2.C18H22N4O2/c1-22(2,3)28-21(27)26-10-4-5-19(26)20-24-13-18(25-20)16-7-6-15-12-17(23)9-8-14(15)11-16;1-14-10-19-17(20-11-14)21-12-16-8-5-9-22(16)18(23)24-13-15-6-3-2-4-7-15/h6-9,11-13,19H,4-5,10H2,1-3H3,(H,24,25);2-4,6-7,10-11,16H,5,8-9,12-13H2,1H3,(H,19,20,21). The van der Waals surface area contributed by atoms with Crippen molar-refractivity contribution in [2.45, 2.75) is 77.7 Å². The van der Waals surface area contributed by atoms with E-state index in [0.29, 0.717) is 25.6 Å². The van der Waals surface area contributed by atoms with Crippen molar-refractivity contribution in [3.8, 4) is 11.3 Å². The minimum atomic E-state index is -0.501. The van der Waals surface area contributed by atoms with Crippen LogP contribution in [-0.4, -0.2) is 73.2 Å². The number of anilines is 1. The summed E-state index contributed by atoms with van der Waals surface area (Å²) in [5, 5.41) is 5.56. The molecule has 52 heavy (non-hydrogen) atoms. The zero-order valence-electron chi connectivity index (χ0n) is 30.1. The van der Waals surface area contributed by atoms with Crippen molar-refractivity contribution >= 4 is 44.8 Å². The van der Waals surface area contributed by atoms with E-state index in [1.165, 1.54) is 10.8 Å². The maximum absolute atomic E-state index is 12.6. The number of carbonyl (C=O) groups excluding carboxylic acids is 2. The average molecular weight is 769 g/mol. The zero-order chi connectivity index (χ0) is 36.7. The number of imidazole rings is 1. The monoisotopic (exact) mass is 767 g/mol. The summed E-state index contributed by atoms with van der Waals surface area (Å²) in [7, 11) is 0. The lowest BCUT2D eigenvalue weighted by Crippen LogP contribution is -2.40. The molecule has 2 amide bonds. The van der Waals surface area contributed by atoms with E-state index in [-0.39, 0.29) is 24.3 Å². The van der Waals surface area contributed by atoms with Crippen molar-refractivity contribution in [2.24, 2.45) is 0 Å². The largest absolute Gasteiger partial charge is 0.445 e. The van der Waals surface area contributed by atoms with Crippen molar-refractivity contribution in [3.63, 3.8) is 0 Å². The lowest BCUT2D eigenvalue weighted by atomic mass is 10.1. The highest BCUT2D eigenvalue weighted by Crippen LogP contribution is 2.33. The highest BCUT2D eigenvalue weighted by molar-refractivity contribution is 9.10. The van der Waals surface area contributed by atoms with Crippen LogP contribution in [0.25, 0.3) is 22.0 Å². The molecule has 2 aromatic heterocycles. The maximum Gasteiger partial charge on any atom is 0.410 e. The average Bonchev–Trinajstić information content (AvgIpc) is 3.92. The summed E-state index contributed by atoms with van der Waals surface area (Å²) in [6.45, 7) is 9.97. The zero-order valence-corrected chi connectivity index (χ0v) is 31.7. The van der Waals surface area contributed by atoms with E-state index in [4.69, 9.17) is 9.47 Å². The molecule has 2 N–H and O–H groups in total. The molecule has 0 aliphatic carbocycles. The molecule has 2 aliphatic heterocycles. The molecule has 12 heteroatoms. The fraction of sp³-hybridized carbons (Fsp3) is 0.375. The highest BCUT2D eigenvalue weighted by atomic mass is 79.9. The lowest BCUT2D eigenvalue weighted by molar-refractivity contribution is 0.0218. The fourth-order valence-corrected chi connectivity index (χ4v) is 6.79. The number of hydrogen-bond donors (Lipinski definition) is 2. The van der Waals surface area contributed by atoms with Crippen LogP contribution in [0.5, 0.6) is 0 Å². The van der Waals surface area contributed by atoms with Crippen LogP contribution >= 0.6 is 15.9 Å². The van der Waals surface area contributed by atoms with E-state index in [1.807, 2.05) is 70.3 Å². The van der Waals surface area contributed by atoms with Gasteiger partial charge in [0.15, 0.2) is 0 Å². The van der Waals surface area contributed by atoms with Crippen LogP contribution in [0.2, 0.25) is 0 Å². The van der Waals surface area contributed by atoms with Crippen molar-refractivity contribution in [2.75, 3.05) is 25.0 Å². The first-order chi connectivity index (χ1) is 25.0. The first-order valence-electron chi connectivity index (χ1n) is 17.8. The molecule has 0 saturated carbocycles. The fourth-order valence-electron chi connectivity index (χ4n) is 6.41. The molecule has 2 saturated heterocycles. The number of aromatic nitrogens is 4. The summed E-state index contributed by atoms with van der Waals surface area (Å²) in [4.78, 5) is 44.9. The summed E-state index contributed by atoms with van der Waals surface area (Å²) < 4.78 is 12.1. The Hall–Kier alpha value is -4.97. The van der Waals surface area contributed by atoms with Crippen LogP contribution in [0.15, 0.2) is 89.8 Å². The van der Waals surface area contributed by atoms with Crippen LogP contribution in [-0.2, 0) is 16.1 Å². The van der Waals surface area contributed by atoms with E-state index in [0.717, 1.165) is 64.9 Å². The molecule has 2 atom stereocenters. The first-order valence-corrected chi connectivity index (χ1v) is 18.6. The van der Waals surface area contributed by atoms with E-state index < -0.39 is 5.60 Å². The Morgan fingerprint density at radius 2 is 1.60 bits per heavy atom. The number of amides is 2. The number of hydrogen-bond acceptors (Lipinski definition) is 8. The number of aryl methyl sites for hydroxylation is 1. The van der Waals surface area contributed by atoms with Gasteiger partial charge in [-0.25, -0.2) is 24.5 Å². The molecule has 3 aromatic carbocycles. The number of likely N-dealkylation sites (tertiary alicyclic amines) is 2. The molecule has 4 heterocycles. The summed E-state index contributed by atoms with van der Waals surface area (Å²) in [5.74, 6) is 1.40. The summed E-state index contributed by atoms with van der Waals surface area (Å²) in [6.07, 6.45) is 8.65. The number of carbonyl (C=O) groups is 2. The smallest absolute Gasteiger partial charge is 0.410 e. The molecule has 272 valence electrons. The number of aromatic amines is 1. The quantitative estimate of drug-likeness (QED) is 0.168. The molecular weight excluding hydrogens is 722 g/mol. The Labute approximate surface area is 313 Å². The van der Waals surface area contributed by atoms with Gasteiger partial charge in [0.25, 0.3) is 0 Å². The summed E-state index contributed by atoms with van der Waals surface area (Å²) in [6, 6.07) is 22.4. The van der Waals surface area contributed by atoms with Gasteiger partial charge in [0, 0.05) is 42.1 Å². The normalized spacial score (nSPS) is 17.1. The van der Waals surface area contributed by atoms with Crippen LogP contribution in [0.1, 0.15) is 69.4 Å². The van der Waals surface area contributed by atoms with E-state index >= 15 is 0 Å². The van der Waals surface area contributed by atoms with Gasteiger partial charge in [-0.2, -0.15) is 0 Å². The summed E-state index contributed by atoms with van der Waals surface area (Å²) >= 11 is 3.51. The van der Waals surface area contributed by atoms with Gasteiger partial charge in [-0.1, -0.05) is 64.5 Å². The number of H-pyrrole nitrogens is 1. The Balaban J connectivity index is 0.000000181. The van der Waals surface area contributed by atoms with Gasteiger partial charge in [-0.15, -0.1) is 0 Å². The lowest BCUT2D eigenvalue weighted by Gasteiger charge is -2.27. The topological polar surface area (TPSA) is 126 Å². The molecular formula is C40H46BrN7O4. The van der Waals surface area contributed by atoms with Gasteiger partial charge in [0.1, 0.15) is 18.0 Å². The number of benzene rings is 3. The molecule has 11 nitrogen and oxygen atoms in total. The minimum Gasteiger partial charge on any atom is -0.445 e. The second kappa shape index (κ2) is 16.6. The molecule has 0 spiro atoms. The Kier molecular flexibility index (Phi) is 11.7.